The van der Waals surface area contributed by atoms with Gasteiger partial charge in [-0.15, -0.1) is 5.10 Å². The molecule has 0 aliphatic heterocycles. The minimum atomic E-state index is -0.486. The third kappa shape index (κ3) is 4.00. The molecule has 120 valence electrons. The van der Waals surface area contributed by atoms with Crippen molar-refractivity contribution in [2.75, 3.05) is 13.6 Å². The Hall–Kier alpha value is -2.12. The Morgan fingerprint density at radius 1 is 1.17 bits per heavy atom. The number of rotatable bonds is 6. The first kappa shape index (κ1) is 15.8. The van der Waals surface area contributed by atoms with Gasteiger partial charge in [0.1, 0.15) is 0 Å². The van der Waals surface area contributed by atoms with Gasteiger partial charge in [-0.1, -0.05) is 30.3 Å². The third-order valence-electron chi connectivity index (χ3n) is 3.38. The number of benzene rings is 1. The van der Waals surface area contributed by atoms with Crippen LogP contribution in [-0.2, 0) is 13.1 Å². The van der Waals surface area contributed by atoms with Gasteiger partial charge in [-0.05, 0) is 40.7 Å². The minimum Gasteiger partial charge on any atom is -0.444 e. The summed E-state index contributed by atoms with van der Waals surface area (Å²) >= 11 is 3.21. The van der Waals surface area contributed by atoms with E-state index in [1.54, 1.807) is 12.1 Å². The molecular formula is C16H16BrN3O3. The summed E-state index contributed by atoms with van der Waals surface area (Å²) in [4.78, 5) is 14.0. The Morgan fingerprint density at radius 2 is 1.96 bits per heavy atom. The number of aromatic nitrogens is 2. The molecule has 7 heteroatoms. The molecule has 2 aromatic heterocycles. The lowest BCUT2D eigenvalue weighted by molar-refractivity contribution is 0.300. The molecule has 3 aromatic rings. The van der Waals surface area contributed by atoms with Crippen molar-refractivity contribution in [3.8, 4) is 11.7 Å². The minimum absolute atomic E-state index is 0.186. The fourth-order valence-electron chi connectivity index (χ4n) is 2.22. The second-order valence-electron chi connectivity index (χ2n) is 5.22. The van der Waals surface area contributed by atoms with Crippen LogP contribution in [0.1, 0.15) is 5.56 Å². The Balaban J connectivity index is 1.62. The lowest BCUT2D eigenvalue weighted by Gasteiger charge is -2.15. The van der Waals surface area contributed by atoms with Gasteiger partial charge < -0.3 is 13.7 Å². The van der Waals surface area contributed by atoms with E-state index in [4.69, 9.17) is 8.83 Å². The van der Waals surface area contributed by atoms with Crippen molar-refractivity contribution in [2.45, 2.75) is 13.1 Å². The summed E-state index contributed by atoms with van der Waals surface area (Å²) in [7, 11) is 2.00. The molecule has 0 fully saturated rings. The number of halogens is 1. The maximum Gasteiger partial charge on any atom is 0.437 e. The van der Waals surface area contributed by atoms with Gasteiger partial charge in [-0.3, -0.25) is 0 Å². The van der Waals surface area contributed by atoms with E-state index in [1.165, 1.54) is 10.2 Å². The molecule has 1 aromatic carbocycles. The Kier molecular flexibility index (Phi) is 4.78. The highest BCUT2D eigenvalue weighted by molar-refractivity contribution is 9.10. The molecule has 0 N–H and O–H groups in total. The zero-order valence-electron chi connectivity index (χ0n) is 12.6. The van der Waals surface area contributed by atoms with Gasteiger partial charge in [0.05, 0.1) is 6.54 Å². The van der Waals surface area contributed by atoms with Gasteiger partial charge in [0.2, 0.25) is 0 Å². The fourth-order valence-corrected chi connectivity index (χ4v) is 2.52. The van der Waals surface area contributed by atoms with Gasteiger partial charge in [0.25, 0.3) is 5.89 Å². The van der Waals surface area contributed by atoms with Gasteiger partial charge >= 0.3 is 5.76 Å². The number of furan rings is 1. The second-order valence-corrected chi connectivity index (χ2v) is 6.00. The Labute approximate surface area is 141 Å². The molecular weight excluding hydrogens is 362 g/mol. The van der Waals surface area contributed by atoms with E-state index in [2.05, 4.69) is 38.1 Å². The van der Waals surface area contributed by atoms with Crippen molar-refractivity contribution in [2.24, 2.45) is 0 Å². The first-order valence-corrected chi connectivity index (χ1v) is 7.97. The van der Waals surface area contributed by atoms with Gasteiger partial charge in [0, 0.05) is 13.1 Å². The highest BCUT2D eigenvalue weighted by Gasteiger charge is 2.14. The number of hydrogen-bond donors (Lipinski definition) is 0. The van der Waals surface area contributed by atoms with Crippen molar-refractivity contribution in [1.29, 1.82) is 0 Å². The van der Waals surface area contributed by atoms with Crippen LogP contribution in [0, 0.1) is 0 Å². The predicted octanol–water partition coefficient (Wildman–Crippen LogP) is 2.99. The quantitative estimate of drug-likeness (QED) is 0.660. The lowest BCUT2D eigenvalue weighted by Crippen LogP contribution is -2.27. The van der Waals surface area contributed by atoms with Gasteiger partial charge in [-0.25, -0.2) is 4.79 Å². The molecule has 0 amide bonds. The normalized spacial score (nSPS) is 11.3. The summed E-state index contributed by atoms with van der Waals surface area (Å²) in [5.41, 5.74) is 1.23. The van der Waals surface area contributed by atoms with E-state index in [9.17, 15) is 4.79 Å². The molecule has 23 heavy (non-hydrogen) atoms. The zero-order chi connectivity index (χ0) is 16.2. The molecule has 0 unspecified atom stereocenters. The number of hydrogen-bond acceptors (Lipinski definition) is 5. The van der Waals surface area contributed by atoms with E-state index in [0.29, 0.717) is 23.5 Å². The van der Waals surface area contributed by atoms with Crippen LogP contribution >= 0.6 is 15.9 Å². The molecule has 0 radical (unpaired) electrons. The van der Waals surface area contributed by atoms with Crippen LogP contribution in [0.25, 0.3) is 11.7 Å². The molecule has 0 atom stereocenters. The molecule has 6 nitrogen and oxygen atoms in total. The van der Waals surface area contributed by atoms with Crippen molar-refractivity contribution in [3.63, 3.8) is 0 Å². The summed E-state index contributed by atoms with van der Waals surface area (Å²) in [5, 5.41) is 4.17. The largest absolute Gasteiger partial charge is 0.444 e. The van der Waals surface area contributed by atoms with Crippen LogP contribution in [-0.4, -0.2) is 28.3 Å². The van der Waals surface area contributed by atoms with Crippen LogP contribution in [0.15, 0.2) is 60.8 Å². The summed E-state index contributed by atoms with van der Waals surface area (Å²) in [6, 6.07) is 13.6. The molecule has 0 spiro atoms. The van der Waals surface area contributed by atoms with E-state index in [-0.39, 0.29) is 5.89 Å². The van der Waals surface area contributed by atoms with E-state index < -0.39 is 5.76 Å². The second kappa shape index (κ2) is 6.97. The number of likely N-dealkylation sites (N-methyl/N-ethyl adjacent to an activating group) is 1. The molecule has 0 saturated heterocycles. The van der Waals surface area contributed by atoms with Gasteiger partial charge in [0.15, 0.2) is 10.4 Å². The summed E-state index contributed by atoms with van der Waals surface area (Å²) in [5.74, 6) is 0.123. The summed E-state index contributed by atoms with van der Waals surface area (Å²) in [6.07, 6.45) is 0. The third-order valence-corrected chi connectivity index (χ3v) is 3.81. The molecule has 0 aliphatic rings. The maximum atomic E-state index is 11.9. The molecule has 0 aliphatic carbocycles. The topological polar surface area (TPSA) is 64.4 Å². The van der Waals surface area contributed by atoms with E-state index in [1.807, 2.05) is 25.2 Å². The summed E-state index contributed by atoms with van der Waals surface area (Å²) in [6.45, 7) is 1.95. The Morgan fingerprint density at radius 3 is 2.65 bits per heavy atom. The highest BCUT2D eigenvalue weighted by Crippen LogP contribution is 2.22. The predicted molar refractivity (Wildman–Crippen MR) is 88.9 cm³/mol. The van der Waals surface area contributed by atoms with Crippen molar-refractivity contribution >= 4 is 15.9 Å². The van der Waals surface area contributed by atoms with E-state index in [0.717, 1.165) is 6.54 Å². The number of nitrogens with zero attached hydrogens (tertiary/aromatic N) is 3. The van der Waals surface area contributed by atoms with Crippen molar-refractivity contribution in [1.82, 2.24) is 14.7 Å². The molecule has 0 bridgehead atoms. The fraction of sp³-hybridized carbons (Fsp3) is 0.250. The Bertz CT molecular complexity index is 822. The molecule has 3 rings (SSSR count). The standard InChI is InChI=1S/C16H16BrN3O3/c1-19(11-12-5-3-2-4-6-12)9-10-20-16(21)23-15(18-20)13-7-8-14(17)22-13/h2-8H,9-11H2,1H3. The van der Waals surface area contributed by atoms with Crippen LogP contribution in [0.4, 0.5) is 0 Å². The van der Waals surface area contributed by atoms with Crippen LogP contribution in [0.5, 0.6) is 0 Å². The maximum absolute atomic E-state index is 11.9. The summed E-state index contributed by atoms with van der Waals surface area (Å²) < 4.78 is 12.3. The average Bonchev–Trinajstić information content (AvgIpc) is 3.12. The first-order chi connectivity index (χ1) is 11.1. The SMILES string of the molecule is CN(CCn1nc(-c2ccc(Br)o2)oc1=O)Cc1ccccc1. The van der Waals surface area contributed by atoms with Crippen LogP contribution in [0.3, 0.4) is 0 Å². The molecule has 0 saturated carbocycles. The monoisotopic (exact) mass is 377 g/mol. The smallest absolute Gasteiger partial charge is 0.437 e. The van der Waals surface area contributed by atoms with E-state index >= 15 is 0 Å². The van der Waals surface area contributed by atoms with Crippen molar-refractivity contribution < 1.29 is 8.83 Å². The first-order valence-electron chi connectivity index (χ1n) is 7.18. The lowest BCUT2D eigenvalue weighted by atomic mass is 10.2. The zero-order valence-corrected chi connectivity index (χ0v) is 14.2. The van der Waals surface area contributed by atoms with Gasteiger partial charge in [-0.2, -0.15) is 4.68 Å². The molecule has 2 heterocycles. The van der Waals surface area contributed by atoms with Crippen molar-refractivity contribution in [3.05, 3.63) is 63.2 Å². The highest BCUT2D eigenvalue weighted by atomic mass is 79.9. The van der Waals surface area contributed by atoms with Crippen LogP contribution < -0.4 is 5.76 Å². The van der Waals surface area contributed by atoms with Crippen LogP contribution in [0.2, 0.25) is 0 Å². The average molecular weight is 378 g/mol.